The van der Waals surface area contributed by atoms with Gasteiger partial charge in [0.25, 0.3) is 0 Å². The van der Waals surface area contributed by atoms with Crippen LogP contribution in [0.5, 0.6) is 0 Å². The van der Waals surface area contributed by atoms with Crippen LogP contribution in [-0.2, 0) is 0 Å². The SMILES string of the molecule is CCNC(=S)N/N=C\c1ccc(Cl)c(Cl)c1. The first-order valence-corrected chi connectivity index (χ1v) is 5.82. The van der Waals surface area contributed by atoms with E-state index in [1.807, 2.05) is 13.0 Å². The van der Waals surface area contributed by atoms with Crippen molar-refractivity contribution in [2.24, 2.45) is 5.10 Å². The van der Waals surface area contributed by atoms with Crippen molar-refractivity contribution in [1.82, 2.24) is 10.7 Å². The van der Waals surface area contributed by atoms with Crippen LogP contribution in [0.4, 0.5) is 0 Å². The Kier molecular flexibility index (Phi) is 5.52. The molecule has 0 saturated carbocycles. The Labute approximate surface area is 110 Å². The van der Waals surface area contributed by atoms with Gasteiger partial charge in [0.2, 0.25) is 0 Å². The molecule has 0 fully saturated rings. The van der Waals surface area contributed by atoms with Gasteiger partial charge in [-0.05, 0) is 36.8 Å². The van der Waals surface area contributed by atoms with Gasteiger partial charge in [-0.1, -0.05) is 29.3 Å². The smallest absolute Gasteiger partial charge is 0.186 e. The molecule has 6 heteroatoms. The number of hydrazone groups is 1. The van der Waals surface area contributed by atoms with Crippen molar-refractivity contribution in [3.63, 3.8) is 0 Å². The zero-order valence-electron chi connectivity index (χ0n) is 8.63. The Morgan fingerprint density at radius 2 is 2.19 bits per heavy atom. The number of hydrogen-bond acceptors (Lipinski definition) is 2. The fourth-order valence-corrected chi connectivity index (χ4v) is 1.46. The average molecular weight is 276 g/mol. The van der Waals surface area contributed by atoms with Gasteiger partial charge in [0.1, 0.15) is 0 Å². The van der Waals surface area contributed by atoms with Gasteiger partial charge in [-0.3, -0.25) is 5.43 Å². The third-order valence-electron chi connectivity index (χ3n) is 1.66. The Balaban J connectivity index is 2.56. The number of thiocarbonyl (C=S) groups is 1. The molecule has 0 heterocycles. The summed E-state index contributed by atoms with van der Waals surface area (Å²) >= 11 is 16.6. The van der Waals surface area contributed by atoms with E-state index in [9.17, 15) is 0 Å². The van der Waals surface area contributed by atoms with Crippen LogP contribution in [0.25, 0.3) is 0 Å². The highest BCUT2D eigenvalue weighted by atomic mass is 35.5. The highest BCUT2D eigenvalue weighted by Gasteiger charge is 1.97. The Morgan fingerprint density at radius 3 is 2.81 bits per heavy atom. The lowest BCUT2D eigenvalue weighted by Crippen LogP contribution is -2.31. The Bertz CT molecular complexity index is 407. The molecular formula is C10H11Cl2N3S. The molecule has 0 bridgehead atoms. The molecule has 3 nitrogen and oxygen atoms in total. The minimum absolute atomic E-state index is 0.485. The van der Waals surface area contributed by atoms with Crippen molar-refractivity contribution >= 4 is 46.7 Å². The number of benzene rings is 1. The second-order valence-electron chi connectivity index (χ2n) is 2.90. The van der Waals surface area contributed by atoms with E-state index in [0.29, 0.717) is 15.2 Å². The van der Waals surface area contributed by atoms with Crippen LogP contribution in [0.1, 0.15) is 12.5 Å². The van der Waals surface area contributed by atoms with Crippen LogP contribution in [0.3, 0.4) is 0 Å². The summed E-state index contributed by atoms with van der Waals surface area (Å²) in [5.41, 5.74) is 3.53. The largest absolute Gasteiger partial charge is 0.362 e. The number of halogens is 2. The Morgan fingerprint density at radius 1 is 1.44 bits per heavy atom. The second-order valence-corrected chi connectivity index (χ2v) is 4.13. The molecule has 16 heavy (non-hydrogen) atoms. The topological polar surface area (TPSA) is 36.4 Å². The molecule has 86 valence electrons. The van der Waals surface area contributed by atoms with E-state index < -0.39 is 0 Å². The highest BCUT2D eigenvalue weighted by molar-refractivity contribution is 7.80. The van der Waals surface area contributed by atoms with Crippen molar-refractivity contribution in [2.45, 2.75) is 6.92 Å². The molecule has 0 aliphatic heterocycles. The monoisotopic (exact) mass is 275 g/mol. The molecule has 0 spiro atoms. The van der Waals surface area contributed by atoms with Crippen LogP contribution in [0.2, 0.25) is 10.0 Å². The molecule has 0 aliphatic rings. The highest BCUT2D eigenvalue weighted by Crippen LogP contribution is 2.21. The second kappa shape index (κ2) is 6.68. The van der Waals surface area contributed by atoms with Gasteiger partial charge < -0.3 is 5.32 Å². The van der Waals surface area contributed by atoms with E-state index in [2.05, 4.69) is 15.8 Å². The van der Waals surface area contributed by atoms with Crippen LogP contribution >= 0.6 is 35.4 Å². The third-order valence-corrected chi connectivity index (χ3v) is 2.64. The lowest BCUT2D eigenvalue weighted by Gasteiger charge is -2.02. The summed E-state index contributed by atoms with van der Waals surface area (Å²) < 4.78 is 0. The van der Waals surface area contributed by atoms with E-state index in [1.165, 1.54) is 0 Å². The predicted octanol–water partition coefficient (Wildman–Crippen LogP) is 2.81. The summed E-state index contributed by atoms with van der Waals surface area (Å²) in [6.07, 6.45) is 1.62. The third kappa shape index (κ3) is 4.35. The van der Waals surface area contributed by atoms with Crippen LogP contribution in [0, 0.1) is 0 Å². The average Bonchev–Trinajstić information content (AvgIpc) is 2.24. The van der Waals surface area contributed by atoms with Gasteiger partial charge in [0, 0.05) is 6.54 Å². The molecule has 0 atom stereocenters. The molecule has 2 N–H and O–H groups in total. The van der Waals surface area contributed by atoms with Crippen LogP contribution < -0.4 is 10.7 Å². The van der Waals surface area contributed by atoms with Gasteiger partial charge in [-0.15, -0.1) is 0 Å². The zero-order chi connectivity index (χ0) is 12.0. The van der Waals surface area contributed by atoms with E-state index in [0.717, 1.165) is 12.1 Å². The molecule has 0 saturated heterocycles. The first-order chi connectivity index (χ1) is 7.63. The summed E-state index contributed by atoms with van der Waals surface area (Å²) in [5, 5.41) is 8.37. The molecule has 0 unspecified atom stereocenters. The molecule has 0 aromatic heterocycles. The van der Waals surface area contributed by atoms with Crippen molar-refractivity contribution in [3.05, 3.63) is 33.8 Å². The standard InChI is InChI=1S/C10H11Cl2N3S/c1-2-13-10(16)15-14-6-7-3-4-8(11)9(12)5-7/h3-6H,2H2,1H3,(H2,13,15,16)/b14-6-. The first kappa shape index (κ1) is 13.2. The maximum atomic E-state index is 5.85. The predicted molar refractivity (Wildman–Crippen MR) is 73.5 cm³/mol. The molecular weight excluding hydrogens is 265 g/mol. The summed E-state index contributed by atoms with van der Waals surface area (Å²) in [4.78, 5) is 0. The quantitative estimate of drug-likeness (QED) is 0.506. The minimum Gasteiger partial charge on any atom is -0.362 e. The maximum Gasteiger partial charge on any atom is 0.186 e. The maximum absolute atomic E-state index is 5.85. The molecule has 0 amide bonds. The summed E-state index contributed by atoms with van der Waals surface area (Å²) in [7, 11) is 0. The van der Waals surface area contributed by atoms with Gasteiger partial charge in [-0.25, -0.2) is 0 Å². The number of nitrogens with one attached hydrogen (secondary N) is 2. The fraction of sp³-hybridized carbons (Fsp3) is 0.200. The van der Waals surface area contributed by atoms with Gasteiger partial charge >= 0.3 is 0 Å². The molecule has 1 aromatic carbocycles. The summed E-state index contributed by atoms with van der Waals surface area (Å²) in [6.45, 7) is 2.71. The summed E-state index contributed by atoms with van der Waals surface area (Å²) in [5.74, 6) is 0. The van der Waals surface area contributed by atoms with E-state index in [4.69, 9.17) is 35.4 Å². The van der Waals surface area contributed by atoms with Crippen molar-refractivity contribution in [2.75, 3.05) is 6.54 Å². The fourth-order valence-electron chi connectivity index (χ4n) is 0.958. The van der Waals surface area contributed by atoms with Crippen LogP contribution in [0.15, 0.2) is 23.3 Å². The zero-order valence-corrected chi connectivity index (χ0v) is 11.0. The number of hydrogen-bond donors (Lipinski definition) is 2. The first-order valence-electron chi connectivity index (χ1n) is 4.65. The lowest BCUT2D eigenvalue weighted by atomic mass is 10.2. The number of rotatable bonds is 3. The Hall–Kier alpha value is -0.840. The van der Waals surface area contributed by atoms with Crippen LogP contribution in [-0.4, -0.2) is 17.9 Å². The van der Waals surface area contributed by atoms with E-state index in [-0.39, 0.29) is 0 Å². The van der Waals surface area contributed by atoms with Gasteiger partial charge in [0.15, 0.2) is 5.11 Å². The van der Waals surface area contributed by atoms with Gasteiger partial charge in [0.05, 0.1) is 16.3 Å². The molecule has 0 aliphatic carbocycles. The summed E-state index contributed by atoms with van der Waals surface area (Å²) in [6, 6.07) is 5.26. The van der Waals surface area contributed by atoms with Crippen molar-refractivity contribution in [1.29, 1.82) is 0 Å². The molecule has 1 aromatic rings. The van der Waals surface area contributed by atoms with E-state index >= 15 is 0 Å². The van der Waals surface area contributed by atoms with Crippen molar-refractivity contribution < 1.29 is 0 Å². The lowest BCUT2D eigenvalue weighted by molar-refractivity contribution is 0.904. The minimum atomic E-state index is 0.485. The van der Waals surface area contributed by atoms with Gasteiger partial charge in [-0.2, -0.15) is 5.10 Å². The normalized spacial score (nSPS) is 10.4. The van der Waals surface area contributed by atoms with E-state index in [1.54, 1.807) is 18.3 Å². The molecule has 1 rings (SSSR count). The van der Waals surface area contributed by atoms with Crippen molar-refractivity contribution in [3.8, 4) is 0 Å². The molecule has 0 radical (unpaired) electrons. The number of nitrogens with zero attached hydrogens (tertiary/aromatic N) is 1.